The van der Waals surface area contributed by atoms with E-state index >= 15 is 0 Å². The molecule has 4 heteroatoms. The van der Waals surface area contributed by atoms with Gasteiger partial charge in [0.15, 0.2) is 0 Å². The zero-order valence-corrected chi connectivity index (χ0v) is 10.7. The number of benzene rings is 1. The van der Waals surface area contributed by atoms with E-state index in [-0.39, 0.29) is 0 Å². The van der Waals surface area contributed by atoms with E-state index in [1.807, 2.05) is 6.08 Å². The van der Waals surface area contributed by atoms with Gasteiger partial charge < -0.3 is 14.8 Å². The highest BCUT2D eigenvalue weighted by molar-refractivity contribution is 6.58. The molecule has 0 amide bonds. The molecule has 2 N–H and O–H groups in total. The lowest BCUT2D eigenvalue weighted by molar-refractivity contribution is 0.305. The number of ether oxygens (including phenoxy) is 1. The summed E-state index contributed by atoms with van der Waals surface area (Å²) in [6.07, 6.45) is 7.67. The Balaban J connectivity index is 2.13. The molecule has 0 unspecified atom stereocenters. The van der Waals surface area contributed by atoms with Gasteiger partial charge in [0, 0.05) is 0 Å². The molecule has 0 bridgehead atoms. The second kappa shape index (κ2) is 8.78. The minimum absolute atomic E-state index is 0.478. The summed E-state index contributed by atoms with van der Waals surface area (Å²) in [5.74, 6) is 0.769. The minimum atomic E-state index is -1.41. The first-order chi connectivity index (χ1) is 8.74. The van der Waals surface area contributed by atoms with Crippen LogP contribution in [-0.2, 0) is 0 Å². The van der Waals surface area contributed by atoms with E-state index in [9.17, 15) is 0 Å². The molecule has 0 heterocycles. The Morgan fingerprint density at radius 2 is 1.72 bits per heavy atom. The minimum Gasteiger partial charge on any atom is -0.494 e. The molecule has 0 atom stereocenters. The molecule has 1 aromatic carbocycles. The Labute approximate surface area is 109 Å². The zero-order chi connectivity index (χ0) is 13.2. The molecular formula is C14H21BO3. The maximum atomic E-state index is 8.94. The van der Waals surface area contributed by atoms with E-state index in [0.29, 0.717) is 12.1 Å². The monoisotopic (exact) mass is 248 g/mol. The second-order valence-corrected chi connectivity index (χ2v) is 4.28. The van der Waals surface area contributed by atoms with Crippen molar-refractivity contribution in [2.24, 2.45) is 0 Å². The van der Waals surface area contributed by atoms with Gasteiger partial charge in [0.25, 0.3) is 0 Å². The fraction of sp³-hybridized carbons (Fsp3) is 0.429. The van der Waals surface area contributed by atoms with Gasteiger partial charge in [-0.15, -0.1) is 6.58 Å². The van der Waals surface area contributed by atoms with Gasteiger partial charge >= 0.3 is 7.12 Å². The van der Waals surface area contributed by atoms with Gasteiger partial charge in [-0.1, -0.05) is 31.1 Å². The number of allylic oxidation sites excluding steroid dienone is 1. The lowest BCUT2D eigenvalue weighted by Gasteiger charge is -2.07. The van der Waals surface area contributed by atoms with Crippen molar-refractivity contribution in [3.05, 3.63) is 36.9 Å². The predicted octanol–water partition coefficient (Wildman–Crippen LogP) is 1.88. The topological polar surface area (TPSA) is 49.7 Å². The lowest BCUT2D eigenvalue weighted by atomic mass is 9.80. The van der Waals surface area contributed by atoms with Crippen molar-refractivity contribution in [3.8, 4) is 5.75 Å². The molecule has 0 saturated carbocycles. The van der Waals surface area contributed by atoms with Crippen LogP contribution in [0.3, 0.4) is 0 Å². The smallest absolute Gasteiger partial charge is 0.488 e. The number of unbranched alkanes of at least 4 members (excludes halogenated alkanes) is 4. The van der Waals surface area contributed by atoms with Crippen LogP contribution in [-0.4, -0.2) is 23.8 Å². The maximum Gasteiger partial charge on any atom is 0.488 e. The number of hydrogen-bond acceptors (Lipinski definition) is 3. The van der Waals surface area contributed by atoms with Crippen molar-refractivity contribution < 1.29 is 14.8 Å². The highest BCUT2D eigenvalue weighted by Crippen LogP contribution is 2.09. The molecular weight excluding hydrogens is 227 g/mol. The van der Waals surface area contributed by atoms with Gasteiger partial charge in [0.1, 0.15) is 5.75 Å². The van der Waals surface area contributed by atoms with Crippen molar-refractivity contribution in [1.29, 1.82) is 0 Å². The third-order valence-corrected chi connectivity index (χ3v) is 2.75. The molecule has 0 aromatic heterocycles. The normalized spacial score (nSPS) is 10.1. The van der Waals surface area contributed by atoms with Crippen molar-refractivity contribution in [2.45, 2.75) is 32.1 Å². The van der Waals surface area contributed by atoms with Crippen LogP contribution in [0.4, 0.5) is 0 Å². The first kappa shape index (κ1) is 14.8. The van der Waals surface area contributed by atoms with E-state index in [1.165, 1.54) is 19.3 Å². The number of hydrogen-bond donors (Lipinski definition) is 2. The largest absolute Gasteiger partial charge is 0.494 e. The average molecular weight is 248 g/mol. The molecule has 3 nitrogen and oxygen atoms in total. The summed E-state index contributed by atoms with van der Waals surface area (Å²) < 4.78 is 5.56. The van der Waals surface area contributed by atoms with E-state index in [1.54, 1.807) is 24.3 Å². The highest BCUT2D eigenvalue weighted by atomic mass is 16.5. The maximum absolute atomic E-state index is 8.94. The highest BCUT2D eigenvalue weighted by Gasteiger charge is 2.09. The Hall–Kier alpha value is -1.26. The van der Waals surface area contributed by atoms with Crippen LogP contribution in [0.25, 0.3) is 0 Å². The van der Waals surface area contributed by atoms with Gasteiger partial charge in [-0.2, -0.15) is 0 Å². The Morgan fingerprint density at radius 1 is 1.06 bits per heavy atom. The van der Waals surface area contributed by atoms with Crippen molar-refractivity contribution in [1.82, 2.24) is 0 Å². The summed E-state index contributed by atoms with van der Waals surface area (Å²) in [7, 11) is -1.41. The molecule has 98 valence electrons. The molecule has 1 aromatic rings. The summed E-state index contributed by atoms with van der Waals surface area (Å²) in [5, 5.41) is 17.9. The van der Waals surface area contributed by atoms with Gasteiger partial charge in [-0.25, -0.2) is 0 Å². The molecule has 0 saturated heterocycles. The molecule has 0 spiro atoms. The molecule has 0 radical (unpaired) electrons. The Bertz CT molecular complexity index is 335. The third kappa shape index (κ3) is 5.89. The summed E-state index contributed by atoms with van der Waals surface area (Å²) in [6.45, 7) is 4.40. The van der Waals surface area contributed by atoms with Crippen LogP contribution in [0.2, 0.25) is 0 Å². The standard InChI is InChI=1S/C14H21BO3/c1-2-3-4-5-6-7-12-18-14-10-8-13(9-11-14)15(16)17/h2,8-11,16-17H,1,3-7,12H2. The fourth-order valence-corrected chi connectivity index (χ4v) is 1.67. The summed E-state index contributed by atoms with van der Waals surface area (Å²) in [5.41, 5.74) is 0.478. The molecule has 1 rings (SSSR count). The van der Waals surface area contributed by atoms with Crippen LogP contribution in [0.15, 0.2) is 36.9 Å². The van der Waals surface area contributed by atoms with Gasteiger partial charge in [-0.3, -0.25) is 0 Å². The molecule has 0 aliphatic rings. The van der Waals surface area contributed by atoms with Gasteiger partial charge in [0.2, 0.25) is 0 Å². The fourth-order valence-electron chi connectivity index (χ4n) is 1.67. The first-order valence-corrected chi connectivity index (χ1v) is 6.44. The van der Waals surface area contributed by atoms with E-state index in [4.69, 9.17) is 14.8 Å². The predicted molar refractivity (Wildman–Crippen MR) is 75.0 cm³/mol. The van der Waals surface area contributed by atoms with Crippen LogP contribution in [0, 0.1) is 0 Å². The molecule has 0 aliphatic heterocycles. The van der Waals surface area contributed by atoms with E-state index in [0.717, 1.165) is 18.6 Å². The van der Waals surface area contributed by atoms with Crippen molar-refractivity contribution in [2.75, 3.05) is 6.61 Å². The molecule has 0 fully saturated rings. The van der Waals surface area contributed by atoms with Crippen molar-refractivity contribution in [3.63, 3.8) is 0 Å². The quantitative estimate of drug-likeness (QED) is 0.398. The van der Waals surface area contributed by atoms with Crippen LogP contribution >= 0.6 is 0 Å². The average Bonchev–Trinajstić information content (AvgIpc) is 2.38. The Morgan fingerprint density at radius 3 is 2.33 bits per heavy atom. The third-order valence-electron chi connectivity index (χ3n) is 2.75. The zero-order valence-electron chi connectivity index (χ0n) is 10.7. The second-order valence-electron chi connectivity index (χ2n) is 4.28. The van der Waals surface area contributed by atoms with E-state index < -0.39 is 7.12 Å². The van der Waals surface area contributed by atoms with Crippen LogP contribution < -0.4 is 10.2 Å². The van der Waals surface area contributed by atoms with Crippen LogP contribution in [0.5, 0.6) is 5.75 Å². The first-order valence-electron chi connectivity index (χ1n) is 6.44. The number of rotatable bonds is 9. The summed E-state index contributed by atoms with van der Waals surface area (Å²) in [6, 6.07) is 6.83. The molecule has 0 aliphatic carbocycles. The lowest BCUT2D eigenvalue weighted by Crippen LogP contribution is -2.29. The van der Waals surface area contributed by atoms with Gasteiger partial charge in [0.05, 0.1) is 6.61 Å². The Kier molecular flexibility index (Phi) is 7.22. The molecule has 18 heavy (non-hydrogen) atoms. The summed E-state index contributed by atoms with van der Waals surface area (Å²) >= 11 is 0. The SMILES string of the molecule is C=CCCCCCCOc1ccc(B(O)O)cc1. The summed E-state index contributed by atoms with van der Waals surface area (Å²) in [4.78, 5) is 0. The van der Waals surface area contributed by atoms with Gasteiger partial charge in [-0.05, 0) is 36.9 Å². The van der Waals surface area contributed by atoms with Crippen molar-refractivity contribution >= 4 is 12.6 Å². The van der Waals surface area contributed by atoms with Crippen LogP contribution in [0.1, 0.15) is 32.1 Å². The van der Waals surface area contributed by atoms with E-state index in [2.05, 4.69) is 6.58 Å².